The third-order valence-electron chi connectivity index (χ3n) is 2.15. The van der Waals surface area contributed by atoms with Crippen LogP contribution in [-0.4, -0.2) is 31.8 Å². The molecule has 0 unspecified atom stereocenters. The normalized spacial score (nSPS) is 11.8. The summed E-state index contributed by atoms with van der Waals surface area (Å²) in [6.45, 7) is -1.50. The first-order chi connectivity index (χ1) is 9.37. The Balaban J connectivity index is 2.24. The number of ether oxygens (including phenoxy) is 1. The van der Waals surface area contributed by atoms with Gasteiger partial charge in [-0.25, -0.2) is 0 Å². The van der Waals surface area contributed by atoms with E-state index in [-0.39, 0.29) is 13.2 Å². The lowest BCUT2D eigenvalue weighted by atomic mass is 10.2. The zero-order valence-corrected chi connectivity index (χ0v) is 10.6. The Labute approximate surface area is 114 Å². The van der Waals surface area contributed by atoms with Crippen LogP contribution in [0.25, 0.3) is 6.08 Å². The van der Waals surface area contributed by atoms with Crippen LogP contribution in [0.1, 0.15) is 5.56 Å². The highest BCUT2D eigenvalue weighted by Gasteiger charge is 2.27. The molecule has 0 aromatic heterocycles. The summed E-state index contributed by atoms with van der Waals surface area (Å²) in [6.07, 6.45) is -1.52. The van der Waals surface area contributed by atoms with Crippen molar-refractivity contribution in [3.8, 4) is 0 Å². The number of carbonyl (C=O) groups is 1. The molecule has 3 N–H and O–H groups in total. The number of anilines is 1. The lowest BCUT2D eigenvalue weighted by molar-refractivity contribution is -0.173. The maximum Gasteiger partial charge on any atom is 0.411 e. The second-order valence-corrected chi connectivity index (χ2v) is 3.96. The van der Waals surface area contributed by atoms with E-state index in [4.69, 9.17) is 5.73 Å². The average Bonchev–Trinajstić information content (AvgIpc) is 2.35. The maximum absolute atomic E-state index is 11.7. The minimum atomic E-state index is -4.35. The molecular formula is C13H15F3N2O2. The Morgan fingerprint density at radius 3 is 2.80 bits per heavy atom. The molecule has 0 atom stereocenters. The van der Waals surface area contributed by atoms with E-state index >= 15 is 0 Å². The summed E-state index contributed by atoms with van der Waals surface area (Å²) >= 11 is 0. The van der Waals surface area contributed by atoms with Crippen molar-refractivity contribution in [2.75, 3.05) is 25.5 Å². The van der Waals surface area contributed by atoms with Crippen LogP contribution >= 0.6 is 0 Å². The van der Waals surface area contributed by atoms with Gasteiger partial charge >= 0.3 is 6.18 Å². The topological polar surface area (TPSA) is 64.4 Å². The first-order valence-electron chi connectivity index (χ1n) is 5.83. The Kier molecular flexibility index (Phi) is 6.05. The van der Waals surface area contributed by atoms with Gasteiger partial charge in [-0.2, -0.15) is 13.2 Å². The number of hydrogen-bond acceptors (Lipinski definition) is 3. The third kappa shape index (κ3) is 7.42. The summed E-state index contributed by atoms with van der Waals surface area (Å²) in [5, 5.41) is 2.40. The van der Waals surface area contributed by atoms with Crippen molar-refractivity contribution in [2.24, 2.45) is 0 Å². The van der Waals surface area contributed by atoms with Gasteiger partial charge in [0.1, 0.15) is 6.61 Å². The molecule has 0 aliphatic rings. The number of rotatable bonds is 6. The number of nitrogens with two attached hydrogens (primary N) is 1. The lowest BCUT2D eigenvalue weighted by Gasteiger charge is -2.07. The van der Waals surface area contributed by atoms with Crippen LogP contribution in [-0.2, 0) is 9.53 Å². The molecule has 0 saturated carbocycles. The molecule has 0 aliphatic carbocycles. The van der Waals surface area contributed by atoms with E-state index < -0.39 is 18.7 Å². The molecule has 0 spiro atoms. The van der Waals surface area contributed by atoms with Crippen molar-refractivity contribution >= 4 is 17.7 Å². The third-order valence-corrected chi connectivity index (χ3v) is 2.15. The van der Waals surface area contributed by atoms with Crippen LogP contribution in [0.15, 0.2) is 30.3 Å². The number of nitrogens with one attached hydrogen (secondary N) is 1. The first-order valence-corrected chi connectivity index (χ1v) is 5.83. The van der Waals surface area contributed by atoms with E-state index in [1.54, 1.807) is 30.3 Å². The van der Waals surface area contributed by atoms with Gasteiger partial charge in [-0.15, -0.1) is 0 Å². The maximum atomic E-state index is 11.7. The molecule has 110 valence electrons. The fourth-order valence-corrected chi connectivity index (χ4v) is 1.33. The summed E-state index contributed by atoms with van der Waals surface area (Å²) < 4.78 is 39.6. The summed E-state index contributed by atoms with van der Waals surface area (Å²) in [5.74, 6) is -0.414. The van der Waals surface area contributed by atoms with Gasteiger partial charge in [-0.05, 0) is 23.8 Å². The van der Waals surface area contributed by atoms with Crippen molar-refractivity contribution in [2.45, 2.75) is 6.18 Å². The van der Waals surface area contributed by atoms with Crippen LogP contribution in [0.2, 0.25) is 0 Å². The Morgan fingerprint density at radius 2 is 2.15 bits per heavy atom. The van der Waals surface area contributed by atoms with E-state index in [2.05, 4.69) is 10.1 Å². The second kappa shape index (κ2) is 7.54. The van der Waals surface area contributed by atoms with Crippen LogP contribution in [0.5, 0.6) is 0 Å². The molecule has 20 heavy (non-hydrogen) atoms. The van der Waals surface area contributed by atoms with Gasteiger partial charge in [0.2, 0.25) is 5.91 Å². The van der Waals surface area contributed by atoms with E-state index in [1.165, 1.54) is 6.08 Å². The quantitative estimate of drug-likeness (QED) is 0.478. The van der Waals surface area contributed by atoms with Gasteiger partial charge in [0.25, 0.3) is 0 Å². The van der Waals surface area contributed by atoms with Gasteiger partial charge in [-0.3, -0.25) is 4.79 Å². The van der Waals surface area contributed by atoms with Gasteiger partial charge in [-0.1, -0.05) is 12.1 Å². The number of amides is 1. The molecule has 1 aromatic rings. The zero-order chi connectivity index (χ0) is 15.0. The van der Waals surface area contributed by atoms with E-state index in [9.17, 15) is 18.0 Å². The Bertz CT molecular complexity index is 473. The van der Waals surface area contributed by atoms with Gasteiger partial charge in [0.05, 0.1) is 6.61 Å². The minimum Gasteiger partial charge on any atom is -0.399 e. The number of carbonyl (C=O) groups excluding carboxylic acids is 1. The average molecular weight is 288 g/mol. The molecule has 0 heterocycles. The van der Waals surface area contributed by atoms with Gasteiger partial charge in [0, 0.05) is 18.3 Å². The summed E-state index contributed by atoms with van der Waals surface area (Å²) in [6, 6.07) is 6.93. The zero-order valence-electron chi connectivity index (χ0n) is 10.6. The summed E-state index contributed by atoms with van der Waals surface area (Å²) in [5.41, 5.74) is 6.91. The number of nitrogen functional groups attached to an aromatic ring is 1. The number of halogens is 3. The fourth-order valence-electron chi connectivity index (χ4n) is 1.33. The number of alkyl halides is 3. The van der Waals surface area contributed by atoms with E-state index in [1.807, 2.05) is 0 Å². The molecule has 0 fully saturated rings. The molecule has 7 heteroatoms. The first kappa shape index (κ1) is 16.0. The molecule has 1 rings (SSSR count). The largest absolute Gasteiger partial charge is 0.411 e. The highest BCUT2D eigenvalue weighted by atomic mass is 19.4. The second-order valence-electron chi connectivity index (χ2n) is 3.96. The monoisotopic (exact) mass is 288 g/mol. The molecule has 0 radical (unpaired) electrons. The van der Waals surface area contributed by atoms with Crippen LogP contribution in [0.4, 0.5) is 18.9 Å². The molecule has 0 bridgehead atoms. The summed E-state index contributed by atoms with van der Waals surface area (Å²) in [7, 11) is 0. The van der Waals surface area contributed by atoms with E-state index in [0.717, 1.165) is 5.56 Å². The van der Waals surface area contributed by atoms with E-state index in [0.29, 0.717) is 5.69 Å². The van der Waals surface area contributed by atoms with Crippen LogP contribution in [0.3, 0.4) is 0 Å². The molecule has 1 amide bonds. The highest BCUT2D eigenvalue weighted by molar-refractivity contribution is 5.91. The standard InChI is InChI=1S/C13H15F3N2O2/c14-13(15,16)9-20-7-6-18-12(19)5-4-10-2-1-3-11(17)8-10/h1-5,8H,6-7,9,17H2,(H,18,19)/b5-4+. The van der Waals surface area contributed by atoms with Crippen LogP contribution in [0, 0.1) is 0 Å². The van der Waals surface area contributed by atoms with Gasteiger partial charge < -0.3 is 15.8 Å². The SMILES string of the molecule is Nc1cccc(/C=C/C(=O)NCCOCC(F)(F)F)c1. The predicted molar refractivity (Wildman–Crippen MR) is 69.8 cm³/mol. The number of benzene rings is 1. The Hall–Kier alpha value is -2.02. The predicted octanol–water partition coefficient (Wildman–Crippen LogP) is 1.98. The minimum absolute atomic E-state index is 0.0101. The molecule has 4 nitrogen and oxygen atoms in total. The van der Waals surface area contributed by atoms with Crippen LogP contribution < -0.4 is 11.1 Å². The Morgan fingerprint density at radius 1 is 1.40 bits per heavy atom. The van der Waals surface area contributed by atoms with Crippen molar-refractivity contribution in [1.29, 1.82) is 0 Å². The number of hydrogen-bond donors (Lipinski definition) is 2. The van der Waals surface area contributed by atoms with Crippen molar-refractivity contribution < 1.29 is 22.7 Å². The van der Waals surface area contributed by atoms with Gasteiger partial charge in [0.15, 0.2) is 0 Å². The summed E-state index contributed by atoms with van der Waals surface area (Å²) in [4.78, 5) is 11.4. The smallest absolute Gasteiger partial charge is 0.399 e. The molecular weight excluding hydrogens is 273 g/mol. The van der Waals surface area contributed by atoms with Crippen molar-refractivity contribution in [3.63, 3.8) is 0 Å². The molecule has 1 aromatic carbocycles. The lowest BCUT2D eigenvalue weighted by Crippen LogP contribution is -2.27. The fraction of sp³-hybridized carbons (Fsp3) is 0.308. The van der Waals surface area contributed by atoms with Crippen molar-refractivity contribution in [1.82, 2.24) is 5.32 Å². The molecule has 0 saturated heterocycles. The molecule has 0 aliphatic heterocycles. The van der Waals surface area contributed by atoms with Crippen molar-refractivity contribution in [3.05, 3.63) is 35.9 Å². The highest BCUT2D eigenvalue weighted by Crippen LogP contribution is 2.13.